The maximum Gasteiger partial charge on any atom is 0.212 e. The van der Waals surface area contributed by atoms with Crippen molar-refractivity contribution in [2.45, 2.75) is 13.2 Å². The van der Waals surface area contributed by atoms with E-state index in [9.17, 15) is 9.90 Å². The van der Waals surface area contributed by atoms with Crippen LogP contribution < -0.4 is 0 Å². The van der Waals surface area contributed by atoms with Gasteiger partial charge in [-0.05, 0) is 13.0 Å². The Bertz CT molecular complexity index is 189. The molecule has 0 aromatic heterocycles. The molecule has 13 heavy (non-hydrogen) atoms. The summed E-state index contributed by atoms with van der Waals surface area (Å²) in [6.07, 6.45) is 6.18. The average molecular weight is 185 g/mol. The molecule has 4 heteroatoms. The van der Waals surface area contributed by atoms with Crippen molar-refractivity contribution in [1.29, 1.82) is 0 Å². The van der Waals surface area contributed by atoms with Crippen molar-refractivity contribution in [3.8, 4) is 0 Å². The van der Waals surface area contributed by atoms with Crippen LogP contribution in [0.15, 0.2) is 24.3 Å². The quantitative estimate of drug-likeness (QED) is 0.345. The molecular formula is C9H15NO3. The summed E-state index contributed by atoms with van der Waals surface area (Å²) in [5.41, 5.74) is 0. The van der Waals surface area contributed by atoms with E-state index < -0.39 is 6.23 Å². The Morgan fingerprint density at radius 2 is 2.15 bits per heavy atom. The first-order chi connectivity index (χ1) is 6.26. The lowest BCUT2D eigenvalue weighted by Gasteiger charge is -2.19. The molecule has 0 aliphatic heterocycles. The van der Waals surface area contributed by atoms with Crippen LogP contribution in [0, 0.1) is 0 Å². The molecule has 0 spiro atoms. The number of aliphatic hydroxyl groups excluding tert-OH is 2. The van der Waals surface area contributed by atoms with E-state index in [4.69, 9.17) is 5.11 Å². The third-order valence-corrected chi connectivity index (χ3v) is 1.42. The number of amides is 1. The van der Waals surface area contributed by atoms with Crippen LogP contribution in [-0.2, 0) is 4.79 Å². The van der Waals surface area contributed by atoms with E-state index in [1.54, 1.807) is 18.2 Å². The van der Waals surface area contributed by atoms with Crippen LogP contribution in [0.25, 0.3) is 0 Å². The van der Waals surface area contributed by atoms with E-state index in [1.165, 1.54) is 6.08 Å². The van der Waals surface area contributed by atoms with E-state index >= 15 is 0 Å². The Labute approximate surface area is 77.8 Å². The van der Waals surface area contributed by atoms with Gasteiger partial charge in [0.25, 0.3) is 0 Å². The Hall–Kier alpha value is -1.13. The van der Waals surface area contributed by atoms with Crippen molar-refractivity contribution in [2.75, 3.05) is 13.2 Å². The van der Waals surface area contributed by atoms with Crippen LogP contribution >= 0.6 is 0 Å². The van der Waals surface area contributed by atoms with Gasteiger partial charge >= 0.3 is 0 Å². The Kier molecular flexibility index (Phi) is 6.86. The number of nitrogens with zero attached hydrogens (tertiary/aromatic N) is 1. The molecule has 0 aromatic rings. The van der Waals surface area contributed by atoms with Gasteiger partial charge in [-0.15, -0.1) is 0 Å². The molecule has 0 fully saturated rings. The summed E-state index contributed by atoms with van der Waals surface area (Å²) >= 11 is 0. The fraction of sp³-hybridized carbons (Fsp3) is 0.444. The van der Waals surface area contributed by atoms with E-state index in [2.05, 4.69) is 0 Å². The number of aliphatic hydroxyl groups is 2. The highest BCUT2D eigenvalue weighted by Gasteiger charge is 2.07. The molecule has 0 aromatic carbocycles. The van der Waals surface area contributed by atoms with E-state index in [-0.39, 0.29) is 13.2 Å². The normalized spacial score (nSPS) is 13.8. The van der Waals surface area contributed by atoms with Gasteiger partial charge in [0.2, 0.25) is 6.41 Å². The topological polar surface area (TPSA) is 60.8 Å². The molecule has 1 amide bonds. The van der Waals surface area contributed by atoms with Crippen molar-refractivity contribution in [2.24, 2.45) is 0 Å². The lowest BCUT2D eigenvalue weighted by molar-refractivity contribution is -0.125. The zero-order valence-electron chi connectivity index (χ0n) is 7.63. The molecule has 0 heterocycles. The molecule has 0 saturated carbocycles. The highest BCUT2D eigenvalue weighted by Crippen LogP contribution is 1.94. The number of carbonyl (C=O) groups excluding carboxylic acids is 1. The minimum atomic E-state index is -0.971. The molecule has 0 rings (SSSR count). The molecule has 4 nitrogen and oxygen atoms in total. The smallest absolute Gasteiger partial charge is 0.212 e. The maximum atomic E-state index is 10.4. The highest BCUT2D eigenvalue weighted by molar-refractivity contribution is 5.47. The Morgan fingerprint density at radius 1 is 1.46 bits per heavy atom. The third-order valence-electron chi connectivity index (χ3n) is 1.42. The molecular weight excluding hydrogens is 170 g/mol. The summed E-state index contributed by atoms with van der Waals surface area (Å²) in [5.74, 6) is 0. The fourth-order valence-corrected chi connectivity index (χ4v) is 0.748. The number of hydrogen-bond acceptors (Lipinski definition) is 3. The Morgan fingerprint density at radius 3 is 2.62 bits per heavy atom. The van der Waals surface area contributed by atoms with Crippen LogP contribution in [0.5, 0.6) is 0 Å². The molecule has 0 radical (unpaired) electrons. The average Bonchev–Trinajstić information content (AvgIpc) is 2.14. The number of rotatable bonds is 6. The predicted octanol–water partition coefficient (Wildman–Crippen LogP) is -0.112. The van der Waals surface area contributed by atoms with Crippen LogP contribution in [0.1, 0.15) is 6.92 Å². The maximum absolute atomic E-state index is 10.4. The van der Waals surface area contributed by atoms with Gasteiger partial charge in [-0.2, -0.15) is 0 Å². The lowest BCUT2D eigenvalue weighted by Crippen LogP contribution is -2.34. The second-order valence-electron chi connectivity index (χ2n) is 2.39. The SMILES string of the molecule is CC=CC=CC(O)N(C=O)CCO. The zero-order chi connectivity index (χ0) is 10.1. The van der Waals surface area contributed by atoms with E-state index in [0.29, 0.717) is 6.41 Å². The van der Waals surface area contributed by atoms with Crippen LogP contribution in [0.4, 0.5) is 0 Å². The third kappa shape index (κ3) is 5.16. The Balaban J connectivity index is 4.03. The van der Waals surface area contributed by atoms with Gasteiger partial charge in [-0.3, -0.25) is 4.79 Å². The van der Waals surface area contributed by atoms with Crippen molar-refractivity contribution >= 4 is 6.41 Å². The first-order valence-electron chi connectivity index (χ1n) is 4.05. The summed E-state index contributed by atoms with van der Waals surface area (Å²) < 4.78 is 0. The summed E-state index contributed by atoms with van der Waals surface area (Å²) in [7, 11) is 0. The van der Waals surface area contributed by atoms with Crippen LogP contribution in [0.2, 0.25) is 0 Å². The standard InChI is InChI=1S/C9H15NO3/c1-2-3-4-5-9(13)10(8-12)6-7-11/h2-5,8-9,11,13H,6-7H2,1H3. The second-order valence-corrected chi connectivity index (χ2v) is 2.39. The van der Waals surface area contributed by atoms with Gasteiger partial charge < -0.3 is 15.1 Å². The molecule has 2 N–H and O–H groups in total. The minimum absolute atomic E-state index is 0.130. The van der Waals surface area contributed by atoms with Crippen molar-refractivity contribution in [3.63, 3.8) is 0 Å². The van der Waals surface area contributed by atoms with Crippen LogP contribution in [0.3, 0.4) is 0 Å². The van der Waals surface area contributed by atoms with Gasteiger partial charge in [0.15, 0.2) is 0 Å². The van der Waals surface area contributed by atoms with E-state index in [1.807, 2.05) is 6.92 Å². The first-order valence-corrected chi connectivity index (χ1v) is 4.05. The van der Waals surface area contributed by atoms with Gasteiger partial charge in [-0.1, -0.05) is 18.2 Å². The number of carbonyl (C=O) groups is 1. The van der Waals surface area contributed by atoms with E-state index in [0.717, 1.165) is 4.90 Å². The minimum Gasteiger partial charge on any atom is -0.395 e. The second kappa shape index (κ2) is 7.52. The van der Waals surface area contributed by atoms with Gasteiger partial charge in [0, 0.05) is 6.54 Å². The summed E-state index contributed by atoms with van der Waals surface area (Å²) in [6.45, 7) is 1.82. The molecule has 0 aliphatic rings. The molecule has 74 valence electrons. The first kappa shape index (κ1) is 11.9. The van der Waals surface area contributed by atoms with Gasteiger partial charge in [0.05, 0.1) is 6.61 Å². The molecule has 1 atom stereocenters. The monoisotopic (exact) mass is 185 g/mol. The summed E-state index contributed by atoms with van der Waals surface area (Å²) in [6, 6.07) is 0. The fourth-order valence-electron chi connectivity index (χ4n) is 0.748. The number of allylic oxidation sites excluding steroid dienone is 3. The van der Waals surface area contributed by atoms with Crippen molar-refractivity contribution < 1.29 is 15.0 Å². The lowest BCUT2D eigenvalue weighted by atomic mass is 10.4. The number of hydrogen-bond donors (Lipinski definition) is 2. The molecule has 0 aliphatic carbocycles. The van der Waals surface area contributed by atoms with Crippen molar-refractivity contribution in [1.82, 2.24) is 4.90 Å². The van der Waals surface area contributed by atoms with Crippen molar-refractivity contribution in [3.05, 3.63) is 24.3 Å². The van der Waals surface area contributed by atoms with Gasteiger partial charge in [-0.25, -0.2) is 0 Å². The summed E-state index contributed by atoms with van der Waals surface area (Å²) in [4.78, 5) is 11.5. The zero-order valence-corrected chi connectivity index (χ0v) is 7.63. The summed E-state index contributed by atoms with van der Waals surface area (Å²) in [5, 5.41) is 17.9. The largest absolute Gasteiger partial charge is 0.395 e. The molecule has 0 bridgehead atoms. The van der Waals surface area contributed by atoms with Crippen LogP contribution in [-0.4, -0.2) is 40.9 Å². The molecule has 1 unspecified atom stereocenters. The highest BCUT2D eigenvalue weighted by atomic mass is 16.3. The predicted molar refractivity (Wildman–Crippen MR) is 49.8 cm³/mol. The van der Waals surface area contributed by atoms with Gasteiger partial charge in [0.1, 0.15) is 6.23 Å². The molecule has 0 saturated heterocycles.